The number of anilines is 1. The normalized spacial score (nSPS) is 21.2. The number of furan rings is 1. The van der Waals surface area contributed by atoms with Gasteiger partial charge in [0.25, 0.3) is 11.8 Å². The molecule has 2 atom stereocenters. The molecular weight excluding hydrogens is 403 g/mol. The Morgan fingerprint density at radius 3 is 2.63 bits per heavy atom. The molecule has 4 heterocycles. The van der Waals surface area contributed by atoms with E-state index >= 15 is 0 Å². The fourth-order valence-corrected chi connectivity index (χ4v) is 3.78. The maximum Gasteiger partial charge on any atom is 0.416 e. The summed E-state index contributed by atoms with van der Waals surface area (Å²) >= 11 is 0. The predicted octanol–water partition coefficient (Wildman–Crippen LogP) is 2.90. The number of hydrogen-bond donors (Lipinski definition) is 2. The summed E-state index contributed by atoms with van der Waals surface area (Å²) in [5.41, 5.74) is -1.45. The van der Waals surface area contributed by atoms with Crippen LogP contribution < -0.4 is 10.6 Å². The molecular formula is C20H18F3N3O4. The van der Waals surface area contributed by atoms with Crippen molar-refractivity contribution in [2.45, 2.75) is 25.1 Å². The molecule has 30 heavy (non-hydrogen) atoms. The molecule has 0 unspecified atom stereocenters. The number of fused-ring (bicyclic) bond motifs is 4. The Hall–Kier alpha value is -3.30. The van der Waals surface area contributed by atoms with E-state index in [2.05, 4.69) is 10.6 Å². The molecule has 3 saturated heterocycles. The van der Waals surface area contributed by atoms with Crippen LogP contribution in [-0.2, 0) is 11.0 Å². The minimum absolute atomic E-state index is 0.0750. The van der Waals surface area contributed by atoms with E-state index in [1.54, 1.807) is 0 Å². The average molecular weight is 421 g/mol. The summed E-state index contributed by atoms with van der Waals surface area (Å²) in [5.74, 6) is -1.95. The lowest BCUT2D eigenvalue weighted by atomic mass is 9.96. The molecule has 0 aliphatic carbocycles. The lowest BCUT2D eigenvalue weighted by molar-refractivity contribution is -0.137. The number of halogens is 3. The van der Waals surface area contributed by atoms with Gasteiger partial charge in [0.05, 0.1) is 17.7 Å². The Morgan fingerprint density at radius 1 is 1.17 bits per heavy atom. The van der Waals surface area contributed by atoms with Crippen molar-refractivity contribution in [3.05, 3.63) is 53.5 Å². The molecule has 2 aromatic rings. The van der Waals surface area contributed by atoms with Gasteiger partial charge in [-0.1, -0.05) is 0 Å². The Balaban J connectivity index is 1.64. The van der Waals surface area contributed by atoms with Crippen molar-refractivity contribution in [2.24, 2.45) is 5.92 Å². The molecule has 5 rings (SSSR count). The van der Waals surface area contributed by atoms with Crippen molar-refractivity contribution in [2.75, 3.05) is 18.4 Å². The smallest absolute Gasteiger partial charge is 0.416 e. The van der Waals surface area contributed by atoms with E-state index in [0.29, 0.717) is 12.8 Å². The van der Waals surface area contributed by atoms with Crippen LogP contribution >= 0.6 is 0 Å². The lowest BCUT2D eigenvalue weighted by Gasteiger charge is -2.23. The zero-order valence-electron chi connectivity index (χ0n) is 15.7. The molecule has 3 aliphatic heterocycles. The first kappa shape index (κ1) is 20.0. The van der Waals surface area contributed by atoms with Gasteiger partial charge in [-0.2, -0.15) is 13.2 Å². The number of nitrogens with one attached hydrogen (secondary N) is 2. The fraction of sp³-hybridized carbons (Fsp3) is 0.350. The van der Waals surface area contributed by atoms with Gasteiger partial charge in [-0.15, -0.1) is 0 Å². The number of piperidine rings is 1. The first-order valence-electron chi connectivity index (χ1n) is 9.37. The van der Waals surface area contributed by atoms with Gasteiger partial charge in [0.15, 0.2) is 5.76 Å². The topological polar surface area (TPSA) is 91.7 Å². The molecule has 2 N–H and O–H groups in total. The molecule has 7 nitrogen and oxygen atoms in total. The van der Waals surface area contributed by atoms with Gasteiger partial charge in [-0.05, 0) is 43.2 Å². The zero-order valence-corrected chi connectivity index (χ0v) is 15.7. The van der Waals surface area contributed by atoms with Crippen LogP contribution in [0.1, 0.15) is 39.3 Å². The summed E-state index contributed by atoms with van der Waals surface area (Å²) in [6, 6.07) is 5.33. The van der Waals surface area contributed by atoms with Crippen LogP contribution in [0, 0.1) is 5.92 Å². The van der Waals surface area contributed by atoms with Gasteiger partial charge in [0, 0.05) is 30.4 Å². The van der Waals surface area contributed by atoms with Crippen LogP contribution in [0.3, 0.4) is 0 Å². The van der Waals surface area contributed by atoms with E-state index in [0.717, 1.165) is 12.1 Å². The number of amides is 3. The summed E-state index contributed by atoms with van der Waals surface area (Å²) < 4.78 is 45.2. The summed E-state index contributed by atoms with van der Waals surface area (Å²) in [6.07, 6.45) is -2.10. The maximum absolute atomic E-state index is 13.4. The highest BCUT2D eigenvalue weighted by Gasteiger charge is 2.38. The Labute approximate surface area is 169 Å². The molecule has 10 heteroatoms. The summed E-state index contributed by atoms with van der Waals surface area (Å²) in [6.45, 7) is 0.372. The Bertz CT molecular complexity index is 988. The third-order valence-electron chi connectivity index (χ3n) is 5.26. The van der Waals surface area contributed by atoms with Crippen molar-refractivity contribution in [1.29, 1.82) is 0 Å². The monoisotopic (exact) mass is 421 g/mol. The first-order chi connectivity index (χ1) is 14.2. The Kier molecular flexibility index (Phi) is 5.00. The van der Waals surface area contributed by atoms with E-state index in [9.17, 15) is 27.6 Å². The molecule has 158 valence electrons. The molecule has 3 amide bonds. The summed E-state index contributed by atoms with van der Waals surface area (Å²) in [4.78, 5) is 38.6. The second-order valence-corrected chi connectivity index (χ2v) is 7.42. The molecule has 3 aliphatic rings. The van der Waals surface area contributed by atoms with Gasteiger partial charge >= 0.3 is 6.18 Å². The number of hydrogen-bond acceptors (Lipinski definition) is 4. The van der Waals surface area contributed by atoms with Gasteiger partial charge < -0.3 is 20.0 Å². The quantitative estimate of drug-likeness (QED) is 0.797. The van der Waals surface area contributed by atoms with Crippen molar-refractivity contribution in [3.63, 3.8) is 0 Å². The van der Waals surface area contributed by atoms with Gasteiger partial charge in [0.1, 0.15) is 0 Å². The van der Waals surface area contributed by atoms with E-state index in [1.165, 1.54) is 29.4 Å². The fourth-order valence-electron chi connectivity index (χ4n) is 3.78. The SMILES string of the molecule is O=C(Nc1cc(C(=O)N2C[C@@H]3CC[C@H](C2)C(=O)N3)cc(C(F)(F)F)c1)c1ccco1. The first-order valence-corrected chi connectivity index (χ1v) is 9.37. The van der Waals surface area contributed by atoms with Crippen LogP contribution in [0.5, 0.6) is 0 Å². The number of carbonyl (C=O) groups excluding carboxylic acids is 3. The van der Waals surface area contributed by atoms with Crippen LogP contribution in [0.25, 0.3) is 0 Å². The molecule has 2 bridgehead atoms. The number of benzene rings is 1. The van der Waals surface area contributed by atoms with E-state index in [-0.39, 0.29) is 48.0 Å². The maximum atomic E-state index is 13.4. The van der Waals surface area contributed by atoms with Gasteiger partial charge in [-0.25, -0.2) is 0 Å². The largest absolute Gasteiger partial charge is 0.459 e. The minimum Gasteiger partial charge on any atom is -0.459 e. The van der Waals surface area contributed by atoms with Crippen LogP contribution in [0.4, 0.5) is 18.9 Å². The van der Waals surface area contributed by atoms with Crippen LogP contribution in [0.2, 0.25) is 0 Å². The van der Waals surface area contributed by atoms with E-state index < -0.39 is 23.6 Å². The van der Waals surface area contributed by atoms with Crippen molar-refractivity contribution >= 4 is 23.4 Å². The summed E-state index contributed by atoms with van der Waals surface area (Å²) in [7, 11) is 0. The molecule has 0 saturated carbocycles. The molecule has 3 fully saturated rings. The second kappa shape index (κ2) is 7.51. The number of carbonyl (C=O) groups is 3. The standard InChI is InChI=1S/C20H18F3N3O4/c21-20(22,23)13-6-12(7-15(8-13)25-18(28)16-2-1-5-30-16)19(29)26-9-11-3-4-14(10-26)24-17(11)27/h1-2,5-8,11,14H,3-4,9-10H2,(H,24,27)(H,25,28)/t11-,14+/m1/s1. The number of alkyl halides is 3. The molecule has 1 aromatic heterocycles. The lowest BCUT2D eigenvalue weighted by Crippen LogP contribution is -2.43. The highest BCUT2D eigenvalue weighted by molar-refractivity contribution is 6.03. The summed E-state index contributed by atoms with van der Waals surface area (Å²) in [5, 5.41) is 5.16. The number of nitrogens with zero attached hydrogens (tertiary/aromatic N) is 1. The number of rotatable bonds is 3. The Morgan fingerprint density at radius 2 is 1.97 bits per heavy atom. The highest BCUT2D eigenvalue weighted by atomic mass is 19.4. The average Bonchev–Trinajstić information content (AvgIpc) is 3.09. The van der Waals surface area contributed by atoms with Gasteiger partial charge in [0.2, 0.25) is 5.91 Å². The van der Waals surface area contributed by atoms with Crippen LogP contribution in [-0.4, -0.2) is 41.8 Å². The predicted molar refractivity (Wildman–Crippen MR) is 98.7 cm³/mol. The molecule has 0 radical (unpaired) electrons. The van der Waals surface area contributed by atoms with Crippen molar-refractivity contribution < 1.29 is 32.0 Å². The molecule has 0 spiro atoms. The van der Waals surface area contributed by atoms with Crippen molar-refractivity contribution in [3.8, 4) is 0 Å². The highest BCUT2D eigenvalue weighted by Crippen LogP contribution is 2.33. The van der Waals surface area contributed by atoms with E-state index in [1.807, 2.05) is 0 Å². The second-order valence-electron chi connectivity index (χ2n) is 7.42. The van der Waals surface area contributed by atoms with E-state index in [4.69, 9.17) is 4.42 Å². The third kappa shape index (κ3) is 4.03. The van der Waals surface area contributed by atoms with Crippen LogP contribution in [0.15, 0.2) is 41.0 Å². The van der Waals surface area contributed by atoms with Gasteiger partial charge in [-0.3, -0.25) is 14.4 Å². The third-order valence-corrected chi connectivity index (χ3v) is 5.26. The molecule has 1 aromatic carbocycles. The minimum atomic E-state index is -4.71. The zero-order chi connectivity index (χ0) is 21.5. The van der Waals surface area contributed by atoms with Crippen molar-refractivity contribution in [1.82, 2.24) is 10.2 Å².